The second-order valence-corrected chi connectivity index (χ2v) is 11.5. The maximum atomic E-state index is 13.0. The lowest BCUT2D eigenvalue weighted by Gasteiger charge is -2.31. The molecule has 0 aliphatic heterocycles. The Labute approximate surface area is 287 Å². The lowest BCUT2D eigenvalue weighted by atomic mass is 10.2. The van der Waals surface area contributed by atoms with Crippen LogP contribution in [0, 0.1) is 0 Å². The normalized spacial score (nSPS) is 11.5. The number of ether oxygens (including phenoxy) is 4. The maximum Gasteiger partial charge on any atom is 0.320 e. The van der Waals surface area contributed by atoms with Crippen molar-refractivity contribution in [3.63, 3.8) is 0 Å². The van der Waals surface area contributed by atoms with E-state index in [0.29, 0.717) is 0 Å². The van der Waals surface area contributed by atoms with Gasteiger partial charge >= 0.3 is 23.9 Å². The van der Waals surface area contributed by atoms with Crippen molar-refractivity contribution in [3.05, 3.63) is 144 Å². The molecule has 10 heteroatoms. The van der Waals surface area contributed by atoms with Crippen LogP contribution < -0.4 is 0 Å². The maximum absolute atomic E-state index is 13.0. The predicted octanol–water partition coefficient (Wildman–Crippen LogP) is 4.95. The molecule has 0 saturated carbocycles. The molecule has 0 spiro atoms. The van der Waals surface area contributed by atoms with E-state index in [-0.39, 0.29) is 59.2 Å². The lowest BCUT2D eigenvalue weighted by Crippen LogP contribution is -2.49. The Kier molecular flexibility index (Phi) is 15.0. The standard InChI is InChI=1S/C39H42N2O8/c1-31(41(25-38(44)48-29-34-18-10-4-11-19-34)26-39(45)49-30-35-20-12-5-13-21-35)22-40(23-36(42)46-27-32-14-6-2-7-15-32)24-37(43)47-28-33-16-8-3-9-17-33/h2-21,31H,22-30H2,1H3/t31-/m1/s1. The number of hydrogen-bond acceptors (Lipinski definition) is 10. The number of hydrogen-bond donors (Lipinski definition) is 0. The van der Waals surface area contributed by atoms with Crippen molar-refractivity contribution in [2.24, 2.45) is 0 Å². The number of benzene rings is 4. The van der Waals surface area contributed by atoms with Gasteiger partial charge in [0.1, 0.15) is 26.4 Å². The van der Waals surface area contributed by atoms with Crippen LogP contribution in [0.25, 0.3) is 0 Å². The van der Waals surface area contributed by atoms with Crippen LogP contribution in [0.1, 0.15) is 29.2 Å². The zero-order chi connectivity index (χ0) is 34.7. The molecular formula is C39H42N2O8. The topological polar surface area (TPSA) is 112 Å². The molecule has 0 radical (unpaired) electrons. The zero-order valence-electron chi connectivity index (χ0n) is 27.6. The fraction of sp³-hybridized carbons (Fsp3) is 0.282. The molecule has 49 heavy (non-hydrogen) atoms. The molecule has 0 saturated heterocycles. The molecular weight excluding hydrogens is 624 g/mol. The molecule has 0 heterocycles. The van der Waals surface area contributed by atoms with Crippen LogP contribution in [0.5, 0.6) is 0 Å². The number of rotatable bonds is 19. The molecule has 0 aliphatic rings. The van der Waals surface area contributed by atoms with Gasteiger partial charge in [-0.05, 0) is 29.2 Å². The molecule has 0 amide bonds. The summed E-state index contributed by atoms with van der Waals surface area (Å²) in [5.74, 6) is -2.16. The first kappa shape index (κ1) is 36.5. The largest absolute Gasteiger partial charge is 0.460 e. The molecule has 4 rings (SSSR count). The van der Waals surface area contributed by atoms with Crippen molar-refractivity contribution in [2.45, 2.75) is 39.4 Å². The summed E-state index contributed by atoms with van der Waals surface area (Å²) < 4.78 is 22.0. The quantitative estimate of drug-likeness (QED) is 0.101. The molecule has 4 aromatic rings. The molecule has 0 aromatic heterocycles. The average molecular weight is 667 g/mol. The second kappa shape index (κ2) is 20.1. The van der Waals surface area contributed by atoms with E-state index in [4.69, 9.17) is 18.9 Å². The third kappa shape index (κ3) is 14.1. The predicted molar refractivity (Wildman–Crippen MR) is 182 cm³/mol. The minimum absolute atomic E-state index is 0.0764. The van der Waals surface area contributed by atoms with Crippen molar-refractivity contribution in [2.75, 3.05) is 32.7 Å². The van der Waals surface area contributed by atoms with Crippen LogP contribution >= 0.6 is 0 Å². The third-order valence-corrected chi connectivity index (χ3v) is 7.49. The summed E-state index contributed by atoms with van der Waals surface area (Å²) in [7, 11) is 0. The van der Waals surface area contributed by atoms with Crippen LogP contribution in [0.3, 0.4) is 0 Å². The van der Waals surface area contributed by atoms with Gasteiger partial charge in [0.2, 0.25) is 0 Å². The molecule has 1 atom stereocenters. The van der Waals surface area contributed by atoms with Crippen LogP contribution in [-0.4, -0.2) is 72.4 Å². The van der Waals surface area contributed by atoms with Gasteiger partial charge in [0, 0.05) is 12.6 Å². The minimum Gasteiger partial charge on any atom is -0.460 e. The van der Waals surface area contributed by atoms with Crippen molar-refractivity contribution in [3.8, 4) is 0 Å². The van der Waals surface area contributed by atoms with Gasteiger partial charge in [-0.2, -0.15) is 0 Å². The molecule has 0 fully saturated rings. The molecule has 0 aliphatic carbocycles. The number of carbonyl (C=O) groups is 4. The van der Waals surface area contributed by atoms with E-state index >= 15 is 0 Å². The Morgan fingerprint density at radius 2 is 0.714 bits per heavy atom. The second-order valence-electron chi connectivity index (χ2n) is 11.5. The zero-order valence-corrected chi connectivity index (χ0v) is 27.6. The molecule has 0 unspecified atom stereocenters. The van der Waals surface area contributed by atoms with Crippen LogP contribution in [0.4, 0.5) is 0 Å². The van der Waals surface area contributed by atoms with Gasteiger partial charge in [-0.15, -0.1) is 0 Å². The summed E-state index contributed by atoms with van der Waals surface area (Å²) in [6.45, 7) is 1.34. The van der Waals surface area contributed by atoms with E-state index in [1.807, 2.05) is 121 Å². The molecule has 4 aromatic carbocycles. The number of esters is 4. The van der Waals surface area contributed by atoms with Gasteiger partial charge in [0.05, 0.1) is 26.2 Å². The van der Waals surface area contributed by atoms with E-state index in [0.717, 1.165) is 22.3 Å². The molecule has 0 bridgehead atoms. The monoisotopic (exact) mass is 666 g/mol. The Morgan fingerprint density at radius 1 is 0.449 bits per heavy atom. The third-order valence-electron chi connectivity index (χ3n) is 7.49. The van der Waals surface area contributed by atoms with Crippen LogP contribution in [0.2, 0.25) is 0 Å². The van der Waals surface area contributed by atoms with Crippen molar-refractivity contribution in [1.29, 1.82) is 0 Å². The highest BCUT2D eigenvalue weighted by Gasteiger charge is 2.26. The first-order chi connectivity index (χ1) is 23.8. The average Bonchev–Trinajstić information content (AvgIpc) is 3.13. The van der Waals surface area contributed by atoms with Gasteiger partial charge < -0.3 is 18.9 Å². The fourth-order valence-electron chi connectivity index (χ4n) is 4.87. The van der Waals surface area contributed by atoms with Crippen LogP contribution in [-0.2, 0) is 64.6 Å². The smallest absolute Gasteiger partial charge is 0.320 e. The fourth-order valence-corrected chi connectivity index (χ4v) is 4.87. The molecule has 10 nitrogen and oxygen atoms in total. The lowest BCUT2D eigenvalue weighted by molar-refractivity contribution is -0.154. The van der Waals surface area contributed by atoms with Crippen LogP contribution in [0.15, 0.2) is 121 Å². The Hall–Kier alpha value is -5.32. The van der Waals surface area contributed by atoms with E-state index in [1.54, 1.807) is 16.7 Å². The van der Waals surface area contributed by atoms with Gasteiger partial charge in [-0.25, -0.2) is 0 Å². The highest BCUT2D eigenvalue weighted by atomic mass is 16.5. The highest BCUT2D eigenvalue weighted by Crippen LogP contribution is 2.10. The molecule has 256 valence electrons. The number of nitrogens with zero attached hydrogens (tertiary/aromatic N) is 2. The van der Waals surface area contributed by atoms with Gasteiger partial charge in [-0.1, -0.05) is 121 Å². The summed E-state index contributed by atoms with van der Waals surface area (Å²) in [5, 5.41) is 0. The van der Waals surface area contributed by atoms with E-state index in [2.05, 4.69) is 0 Å². The summed E-state index contributed by atoms with van der Waals surface area (Å²) >= 11 is 0. The van der Waals surface area contributed by atoms with Crippen molar-refractivity contribution in [1.82, 2.24) is 9.80 Å². The summed E-state index contributed by atoms with van der Waals surface area (Å²) in [5.41, 5.74) is 3.30. The minimum atomic E-state index is -0.539. The van der Waals surface area contributed by atoms with E-state index in [1.165, 1.54) is 0 Å². The van der Waals surface area contributed by atoms with Gasteiger partial charge in [0.25, 0.3) is 0 Å². The van der Waals surface area contributed by atoms with E-state index in [9.17, 15) is 19.2 Å². The number of carbonyl (C=O) groups excluding carboxylic acids is 4. The van der Waals surface area contributed by atoms with Crippen molar-refractivity contribution >= 4 is 23.9 Å². The molecule has 0 N–H and O–H groups in total. The first-order valence-electron chi connectivity index (χ1n) is 16.1. The SMILES string of the molecule is C[C@H](CN(CC(=O)OCc1ccccc1)CC(=O)OCc1ccccc1)N(CC(=O)OCc1ccccc1)CC(=O)OCc1ccccc1. The Morgan fingerprint density at radius 3 is 1.00 bits per heavy atom. The summed E-state index contributed by atoms with van der Waals surface area (Å²) in [6, 6.07) is 36.6. The highest BCUT2D eigenvalue weighted by molar-refractivity contribution is 5.76. The van der Waals surface area contributed by atoms with Gasteiger partial charge in [-0.3, -0.25) is 29.0 Å². The van der Waals surface area contributed by atoms with Gasteiger partial charge in [0.15, 0.2) is 0 Å². The van der Waals surface area contributed by atoms with E-state index < -0.39 is 29.9 Å². The Bertz CT molecular complexity index is 1470. The Balaban J connectivity index is 1.42. The van der Waals surface area contributed by atoms with Crippen molar-refractivity contribution < 1.29 is 38.1 Å². The summed E-state index contributed by atoms with van der Waals surface area (Å²) in [4.78, 5) is 55.1. The first-order valence-corrected chi connectivity index (χ1v) is 16.1. The summed E-state index contributed by atoms with van der Waals surface area (Å²) in [6.07, 6.45) is 0.